The molecule has 2 heterocycles. The lowest BCUT2D eigenvalue weighted by molar-refractivity contribution is -0.554. The summed E-state index contributed by atoms with van der Waals surface area (Å²) in [6, 6.07) is 12.6. The average Bonchev–Trinajstić information content (AvgIpc) is 2.82. The second kappa shape index (κ2) is 3.82. The van der Waals surface area contributed by atoms with E-state index < -0.39 is 0 Å². The van der Waals surface area contributed by atoms with Gasteiger partial charge in [-0.25, -0.2) is 0 Å². The van der Waals surface area contributed by atoms with Gasteiger partial charge in [0.05, 0.1) is 5.56 Å². The van der Waals surface area contributed by atoms with E-state index in [9.17, 15) is 0 Å². The Morgan fingerprint density at radius 3 is 2.56 bits per heavy atom. The van der Waals surface area contributed by atoms with Gasteiger partial charge >= 0.3 is 5.90 Å². The van der Waals surface area contributed by atoms with Gasteiger partial charge < -0.3 is 9.47 Å². The minimum atomic E-state index is 0.777. The van der Waals surface area contributed by atoms with Crippen LogP contribution in [0.2, 0.25) is 0 Å². The van der Waals surface area contributed by atoms with E-state index in [1.807, 2.05) is 12.1 Å². The molecule has 0 aromatic heterocycles. The molecule has 0 unspecified atom stereocenters. The number of nitrogens with zero attached hydrogens (tertiary/aromatic N) is 1. The lowest BCUT2D eigenvalue weighted by Gasteiger charge is -2.12. The molecule has 0 N–H and O–H groups in total. The molecule has 4 rings (SSSR count). The summed E-state index contributed by atoms with van der Waals surface area (Å²) in [5, 5.41) is 2.48. The first-order valence-corrected chi connectivity index (χ1v) is 6.33. The van der Waals surface area contributed by atoms with Gasteiger partial charge in [0.25, 0.3) is 0 Å². The van der Waals surface area contributed by atoms with Crippen molar-refractivity contribution < 1.29 is 14.0 Å². The smallest absolute Gasteiger partial charge is 0.376 e. The molecule has 0 spiro atoms. The molecule has 0 bridgehead atoms. The lowest BCUT2D eigenvalue weighted by atomic mass is 10.1. The highest BCUT2D eigenvalue weighted by molar-refractivity contribution is 6.13. The molecule has 3 nitrogen and oxygen atoms in total. The maximum Gasteiger partial charge on any atom is 0.376 e. The van der Waals surface area contributed by atoms with E-state index in [0.717, 1.165) is 38.0 Å². The Balaban J connectivity index is 1.96. The van der Waals surface area contributed by atoms with E-state index in [2.05, 4.69) is 28.8 Å². The molecule has 1 fully saturated rings. The fraction of sp³-hybridized carbons (Fsp3) is 0.267. The molecule has 18 heavy (non-hydrogen) atoms. The first-order chi connectivity index (χ1) is 8.93. The maximum absolute atomic E-state index is 6.05. The van der Waals surface area contributed by atoms with Crippen LogP contribution in [-0.2, 0) is 4.74 Å². The standard InChI is InChI=1S/C15H14NO2/c1-3-11-4-2-6-13-14(11)12(5-1)15(18-13)16-7-9-17-10-8-16/h1-6H,7-10H2/q+1. The summed E-state index contributed by atoms with van der Waals surface area (Å²) in [6.45, 7) is 3.36. The Bertz CT molecular complexity index is 647. The van der Waals surface area contributed by atoms with Gasteiger partial charge in [0, 0.05) is 5.39 Å². The molecule has 0 radical (unpaired) electrons. The minimum absolute atomic E-state index is 0.777. The van der Waals surface area contributed by atoms with Gasteiger partial charge in [0.1, 0.15) is 19.0 Å². The van der Waals surface area contributed by atoms with E-state index in [-0.39, 0.29) is 0 Å². The summed E-state index contributed by atoms with van der Waals surface area (Å²) in [7, 11) is 0. The maximum atomic E-state index is 6.05. The van der Waals surface area contributed by atoms with E-state index in [1.54, 1.807) is 0 Å². The number of morpholine rings is 1. The van der Waals surface area contributed by atoms with E-state index in [0.29, 0.717) is 0 Å². The van der Waals surface area contributed by atoms with Crippen LogP contribution in [0.3, 0.4) is 0 Å². The summed E-state index contributed by atoms with van der Waals surface area (Å²) in [4.78, 5) is 0. The number of hydrogen-bond donors (Lipinski definition) is 0. The number of rotatable bonds is 0. The van der Waals surface area contributed by atoms with Crippen molar-refractivity contribution in [2.45, 2.75) is 0 Å². The molecule has 0 atom stereocenters. The lowest BCUT2D eigenvalue weighted by Crippen LogP contribution is -2.35. The number of benzene rings is 2. The molecule has 2 aliphatic heterocycles. The first kappa shape index (κ1) is 10.1. The molecule has 90 valence electrons. The molecule has 3 heteroatoms. The second-order valence-corrected chi connectivity index (χ2v) is 4.67. The van der Waals surface area contributed by atoms with Crippen LogP contribution in [0.4, 0.5) is 0 Å². The van der Waals surface area contributed by atoms with Gasteiger partial charge in [-0.1, -0.05) is 24.3 Å². The van der Waals surface area contributed by atoms with Crippen molar-refractivity contribution in [2.24, 2.45) is 0 Å². The van der Waals surface area contributed by atoms with Gasteiger partial charge in [-0.05, 0) is 17.5 Å². The summed E-state index contributed by atoms with van der Waals surface area (Å²) < 4.78 is 13.7. The predicted molar refractivity (Wildman–Crippen MR) is 69.5 cm³/mol. The SMILES string of the molecule is c1cc2c3c(cccc3c1)C(=[N+]1CCOCC1)O2. The highest BCUT2D eigenvalue weighted by atomic mass is 16.5. The van der Waals surface area contributed by atoms with Crippen molar-refractivity contribution in [1.29, 1.82) is 0 Å². The summed E-state index contributed by atoms with van der Waals surface area (Å²) in [5.41, 5.74) is 1.21. The third-order valence-electron chi connectivity index (χ3n) is 3.60. The monoisotopic (exact) mass is 240 g/mol. The van der Waals surface area contributed by atoms with Crippen LogP contribution in [0.15, 0.2) is 36.4 Å². The molecule has 2 aromatic carbocycles. The van der Waals surface area contributed by atoms with Crippen molar-refractivity contribution in [3.63, 3.8) is 0 Å². The summed E-state index contributed by atoms with van der Waals surface area (Å²) in [6.07, 6.45) is 0. The average molecular weight is 240 g/mol. The Labute approximate surface area is 105 Å². The van der Waals surface area contributed by atoms with Crippen LogP contribution in [0.5, 0.6) is 5.75 Å². The van der Waals surface area contributed by atoms with Crippen molar-refractivity contribution in [3.05, 3.63) is 42.0 Å². The molecule has 0 amide bonds. The van der Waals surface area contributed by atoms with Crippen molar-refractivity contribution >= 4 is 16.7 Å². The van der Waals surface area contributed by atoms with Gasteiger partial charge in [-0.15, -0.1) is 0 Å². The third-order valence-corrected chi connectivity index (χ3v) is 3.60. The fourth-order valence-corrected chi connectivity index (χ4v) is 2.73. The Morgan fingerprint density at radius 2 is 1.72 bits per heavy atom. The highest BCUT2D eigenvalue weighted by Crippen LogP contribution is 2.35. The fourth-order valence-electron chi connectivity index (χ4n) is 2.73. The van der Waals surface area contributed by atoms with Crippen LogP contribution in [0.25, 0.3) is 10.8 Å². The Hall–Kier alpha value is -1.87. The zero-order valence-corrected chi connectivity index (χ0v) is 10.1. The summed E-state index contributed by atoms with van der Waals surface area (Å²) >= 11 is 0. The van der Waals surface area contributed by atoms with Crippen LogP contribution < -0.4 is 4.74 Å². The Morgan fingerprint density at radius 1 is 0.944 bits per heavy atom. The van der Waals surface area contributed by atoms with Gasteiger partial charge in [0.15, 0.2) is 13.1 Å². The molecule has 2 aromatic rings. The van der Waals surface area contributed by atoms with Crippen molar-refractivity contribution in [2.75, 3.05) is 26.3 Å². The van der Waals surface area contributed by atoms with Crippen LogP contribution in [-0.4, -0.2) is 36.8 Å². The van der Waals surface area contributed by atoms with Gasteiger partial charge in [-0.2, -0.15) is 4.58 Å². The van der Waals surface area contributed by atoms with Crippen molar-refractivity contribution in [1.82, 2.24) is 0 Å². The molecule has 0 aliphatic carbocycles. The van der Waals surface area contributed by atoms with E-state index >= 15 is 0 Å². The molecule has 2 aliphatic rings. The van der Waals surface area contributed by atoms with Gasteiger partial charge in [0.2, 0.25) is 0 Å². The summed E-state index contributed by atoms with van der Waals surface area (Å²) in [5.74, 6) is 1.97. The number of hydrogen-bond acceptors (Lipinski definition) is 2. The quantitative estimate of drug-likeness (QED) is 0.657. The second-order valence-electron chi connectivity index (χ2n) is 4.67. The molecular weight excluding hydrogens is 226 g/mol. The Kier molecular flexibility index (Phi) is 2.14. The highest BCUT2D eigenvalue weighted by Gasteiger charge is 2.30. The van der Waals surface area contributed by atoms with Gasteiger partial charge in [-0.3, -0.25) is 0 Å². The molecular formula is C15H14NO2+. The predicted octanol–water partition coefficient (Wildman–Crippen LogP) is 2.02. The first-order valence-electron chi connectivity index (χ1n) is 6.33. The van der Waals surface area contributed by atoms with E-state index in [1.165, 1.54) is 16.3 Å². The van der Waals surface area contributed by atoms with Crippen molar-refractivity contribution in [3.8, 4) is 5.75 Å². The minimum Gasteiger partial charge on any atom is -0.404 e. The molecule has 1 saturated heterocycles. The zero-order valence-electron chi connectivity index (χ0n) is 10.1. The zero-order chi connectivity index (χ0) is 11.9. The van der Waals surface area contributed by atoms with Crippen LogP contribution in [0.1, 0.15) is 5.56 Å². The molecule has 0 saturated carbocycles. The normalized spacial score (nSPS) is 18.2. The topological polar surface area (TPSA) is 21.5 Å². The number of ether oxygens (including phenoxy) is 2. The van der Waals surface area contributed by atoms with Crippen LogP contribution in [0, 0.1) is 0 Å². The third kappa shape index (κ3) is 1.37. The van der Waals surface area contributed by atoms with Crippen LogP contribution >= 0.6 is 0 Å². The van der Waals surface area contributed by atoms with E-state index in [4.69, 9.17) is 9.47 Å². The largest absolute Gasteiger partial charge is 0.404 e.